The third-order valence-electron chi connectivity index (χ3n) is 2.14. The standard InChI is InChI=1S/C10H12F3NO/c11-7-4-3-6(9(12)10(7)13)8(14)2-1-5-15/h3-4,8,15H,1-2,5,14H2/t8-/m1/s1. The fourth-order valence-electron chi connectivity index (χ4n) is 1.29. The molecule has 0 aliphatic carbocycles. The van der Waals surface area contributed by atoms with Crippen molar-refractivity contribution in [3.63, 3.8) is 0 Å². The van der Waals surface area contributed by atoms with E-state index in [-0.39, 0.29) is 12.2 Å². The van der Waals surface area contributed by atoms with Crippen molar-refractivity contribution in [1.82, 2.24) is 0 Å². The van der Waals surface area contributed by atoms with Crippen LogP contribution in [-0.2, 0) is 0 Å². The summed E-state index contributed by atoms with van der Waals surface area (Å²) in [6.07, 6.45) is 0.706. The van der Waals surface area contributed by atoms with E-state index in [1.54, 1.807) is 0 Å². The molecule has 1 rings (SSSR count). The zero-order valence-electron chi connectivity index (χ0n) is 8.01. The van der Waals surface area contributed by atoms with E-state index < -0.39 is 23.5 Å². The molecule has 0 spiro atoms. The molecule has 1 aromatic rings. The molecule has 0 amide bonds. The number of aliphatic hydroxyl groups excluding tert-OH is 1. The zero-order valence-corrected chi connectivity index (χ0v) is 8.01. The lowest BCUT2D eigenvalue weighted by molar-refractivity contribution is 0.279. The van der Waals surface area contributed by atoms with Crippen LogP contribution in [0.25, 0.3) is 0 Å². The molecule has 0 fully saturated rings. The average molecular weight is 219 g/mol. The van der Waals surface area contributed by atoms with Gasteiger partial charge in [-0.1, -0.05) is 6.07 Å². The van der Waals surface area contributed by atoms with Crippen LogP contribution in [0.4, 0.5) is 13.2 Å². The SMILES string of the molecule is N[C@H](CCCO)c1ccc(F)c(F)c1F. The monoisotopic (exact) mass is 219 g/mol. The smallest absolute Gasteiger partial charge is 0.194 e. The van der Waals surface area contributed by atoms with Gasteiger partial charge in [-0.25, -0.2) is 13.2 Å². The Labute approximate surface area is 85.5 Å². The van der Waals surface area contributed by atoms with E-state index in [1.165, 1.54) is 0 Å². The van der Waals surface area contributed by atoms with Crippen molar-refractivity contribution >= 4 is 0 Å². The fourth-order valence-corrected chi connectivity index (χ4v) is 1.29. The molecule has 0 aliphatic heterocycles. The second kappa shape index (κ2) is 5.14. The lowest BCUT2D eigenvalue weighted by Crippen LogP contribution is -2.14. The highest BCUT2D eigenvalue weighted by atomic mass is 19.2. The first-order valence-electron chi connectivity index (χ1n) is 4.57. The Morgan fingerprint density at radius 2 is 1.87 bits per heavy atom. The van der Waals surface area contributed by atoms with Gasteiger partial charge in [0.15, 0.2) is 17.5 Å². The van der Waals surface area contributed by atoms with Gasteiger partial charge in [-0.15, -0.1) is 0 Å². The summed E-state index contributed by atoms with van der Waals surface area (Å²) >= 11 is 0. The molecule has 5 heteroatoms. The summed E-state index contributed by atoms with van der Waals surface area (Å²) in [4.78, 5) is 0. The number of halogens is 3. The van der Waals surface area contributed by atoms with Gasteiger partial charge >= 0.3 is 0 Å². The van der Waals surface area contributed by atoms with Crippen molar-refractivity contribution in [3.8, 4) is 0 Å². The van der Waals surface area contributed by atoms with Crippen LogP contribution in [0.15, 0.2) is 12.1 Å². The lowest BCUT2D eigenvalue weighted by atomic mass is 10.0. The minimum absolute atomic E-state index is 0.0673. The van der Waals surface area contributed by atoms with Gasteiger partial charge < -0.3 is 10.8 Å². The number of aliphatic hydroxyl groups is 1. The second-order valence-electron chi connectivity index (χ2n) is 3.24. The van der Waals surface area contributed by atoms with Crippen LogP contribution in [0.1, 0.15) is 24.4 Å². The quantitative estimate of drug-likeness (QED) is 0.759. The van der Waals surface area contributed by atoms with Crippen LogP contribution in [-0.4, -0.2) is 11.7 Å². The highest BCUT2D eigenvalue weighted by molar-refractivity contribution is 5.23. The van der Waals surface area contributed by atoms with Crippen LogP contribution < -0.4 is 5.73 Å². The summed E-state index contributed by atoms with van der Waals surface area (Å²) in [6.45, 7) is -0.0704. The largest absolute Gasteiger partial charge is 0.396 e. The Hall–Kier alpha value is -1.07. The molecule has 0 bridgehead atoms. The van der Waals surface area contributed by atoms with Crippen LogP contribution in [0.2, 0.25) is 0 Å². The van der Waals surface area contributed by atoms with Crippen LogP contribution in [0.5, 0.6) is 0 Å². The fraction of sp³-hybridized carbons (Fsp3) is 0.400. The summed E-state index contributed by atoms with van der Waals surface area (Å²) in [5, 5.41) is 8.55. The summed E-state index contributed by atoms with van der Waals surface area (Å²) < 4.78 is 38.6. The molecule has 0 heterocycles. The first kappa shape index (κ1) is 12.0. The number of nitrogens with two attached hydrogens (primary N) is 1. The second-order valence-corrected chi connectivity index (χ2v) is 3.24. The normalized spacial score (nSPS) is 12.9. The van der Waals surface area contributed by atoms with Crippen molar-refractivity contribution in [2.24, 2.45) is 5.73 Å². The number of hydrogen-bond donors (Lipinski definition) is 2. The molecule has 0 aliphatic rings. The van der Waals surface area contributed by atoms with Gasteiger partial charge in [0, 0.05) is 18.2 Å². The zero-order chi connectivity index (χ0) is 11.4. The summed E-state index contributed by atoms with van der Waals surface area (Å²) in [6, 6.07) is 1.23. The summed E-state index contributed by atoms with van der Waals surface area (Å²) in [5.41, 5.74) is 5.49. The van der Waals surface area contributed by atoms with Crippen molar-refractivity contribution in [2.45, 2.75) is 18.9 Å². The topological polar surface area (TPSA) is 46.2 Å². The Kier molecular flexibility index (Phi) is 4.11. The van der Waals surface area contributed by atoms with Gasteiger partial charge in [-0.3, -0.25) is 0 Å². The third kappa shape index (κ3) is 2.70. The average Bonchev–Trinajstić information content (AvgIpc) is 2.23. The Balaban J connectivity index is 2.90. The molecule has 0 aromatic heterocycles. The van der Waals surface area contributed by atoms with Gasteiger partial charge in [-0.2, -0.15) is 0 Å². The Bertz CT molecular complexity index is 344. The predicted octanol–water partition coefficient (Wildman–Crippen LogP) is 1.88. The van der Waals surface area contributed by atoms with E-state index in [1.807, 2.05) is 0 Å². The minimum Gasteiger partial charge on any atom is -0.396 e. The van der Waals surface area contributed by atoms with Crippen molar-refractivity contribution in [2.75, 3.05) is 6.61 Å². The maximum Gasteiger partial charge on any atom is 0.194 e. The molecule has 84 valence electrons. The van der Waals surface area contributed by atoms with Gasteiger partial charge in [-0.05, 0) is 18.9 Å². The van der Waals surface area contributed by atoms with E-state index in [4.69, 9.17) is 10.8 Å². The predicted molar refractivity (Wildman–Crippen MR) is 49.6 cm³/mol. The highest BCUT2D eigenvalue weighted by Gasteiger charge is 2.17. The molecule has 0 saturated carbocycles. The van der Waals surface area contributed by atoms with E-state index in [9.17, 15) is 13.2 Å². The van der Waals surface area contributed by atoms with Crippen molar-refractivity contribution in [1.29, 1.82) is 0 Å². The molecule has 0 unspecified atom stereocenters. The van der Waals surface area contributed by atoms with E-state index in [0.717, 1.165) is 12.1 Å². The Morgan fingerprint density at radius 1 is 1.20 bits per heavy atom. The van der Waals surface area contributed by atoms with E-state index in [2.05, 4.69) is 0 Å². The molecule has 15 heavy (non-hydrogen) atoms. The molecule has 0 radical (unpaired) electrons. The Morgan fingerprint density at radius 3 is 2.47 bits per heavy atom. The minimum atomic E-state index is -1.51. The molecule has 1 atom stereocenters. The molecule has 3 N–H and O–H groups in total. The highest BCUT2D eigenvalue weighted by Crippen LogP contribution is 2.22. The maximum absolute atomic E-state index is 13.2. The molecule has 1 aromatic carbocycles. The van der Waals surface area contributed by atoms with Crippen LogP contribution in [0, 0.1) is 17.5 Å². The van der Waals surface area contributed by atoms with Crippen LogP contribution >= 0.6 is 0 Å². The van der Waals surface area contributed by atoms with E-state index >= 15 is 0 Å². The number of benzene rings is 1. The van der Waals surface area contributed by atoms with Crippen LogP contribution in [0.3, 0.4) is 0 Å². The first-order valence-corrected chi connectivity index (χ1v) is 4.57. The maximum atomic E-state index is 13.2. The molecular weight excluding hydrogens is 207 g/mol. The van der Waals surface area contributed by atoms with Gasteiger partial charge in [0.25, 0.3) is 0 Å². The molecular formula is C10H12F3NO. The van der Waals surface area contributed by atoms with Gasteiger partial charge in [0.05, 0.1) is 0 Å². The lowest BCUT2D eigenvalue weighted by Gasteiger charge is -2.12. The third-order valence-corrected chi connectivity index (χ3v) is 2.14. The van der Waals surface area contributed by atoms with E-state index in [0.29, 0.717) is 12.8 Å². The van der Waals surface area contributed by atoms with Crippen molar-refractivity contribution < 1.29 is 18.3 Å². The summed E-state index contributed by atoms with van der Waals surface area (Å²) in [7, 11) is 0. The first-order chi connectivity index (χ1) is 7.07. The molecule has 0 saturated heterocycles. The van der Waals surface area contributed by atoms with Gasteiger partial charge in [0.2, 0.25) is 0 Å². The number of rotatable bonds is 4. The number of hydrogen-bond acceptors (Lipinski definition) is 2. The van der Waals surface area contributed by atoms with Gasteiger partial charge in [0.1, 0.15) is 0 Å². The van der Waals surface area contributed by atoms with Crippen molar-refractivity contribution in [3.05, 3.63) is 35.1 Å². The molecule has 2 nitrogen and oxygen atoms in total. The summed E-state index contributed by atoms with van der Waals surface area (Å²) in [5.74, 6) is -3.99.